The zero-order valence-electron chi connectivity index (χ0n) is 19.4. The lowest BCUT2D eigenvalue weighted by atomic mass is 9.87. The van der Waals surface area contributed by atoms with E-state index in [2.05, 4.69) is 60.5 Å². The lowest BCUT2D eigenvalue weighted by Gasteiger charge is -2.19. The average Bonchev–Trinajstić information content (AvgIpc) is 3.25. The summed E-state index contributed by atoms with van der Waals surface area (Å²) in [5.41, 5.74) is 6.98. The van der Waals surface area contributed by atoms with Gasteiger partial charge in [-0.15, -0.1) is 11.3 Å². The Morgan fingerprint density at radius 2 is 1.79 bits per heavy atom. The van der Waals surface area contributed by atoms with E-state index in [0.717, 1.165) is 31.4 Å². The third-order valence-corrected chi connectivity index (χ3v) is 7.29. The number of para-hydroxylation sites is 1. The Morgan fingerprint density at radius 1 is 1.06 bits per heavy atom. The van der Waals surface area contributed by atoms with Gasteiger partial charge in [0.05, 0.1) is 22.2 Å². The third kappa shape index (κ3) is 6.68. The second-order valence-corrected chi connectivity index (χ2v) is 11.1. The number of rotatable bonds is 8. The summed E-state index contributed by atoms with van der Waals surface area (Å²) >= 11 is 3.00. The number of aromatic nitrogens is 1. The first-order valence-corrected chi connectivity index (χ1v) is 12.8. The van der Waals surface area contributed by atoms with Gasteiger partial charge < -0.3 is 4.74 Å². The molecular weight excluding hydrogens is 462 g/mol. The van der Waals surface area contributed by atoms with E-state index >= 15 is 0 Å². The molecule has 7 heteroatoms. The van der Waals surface area contributed by atoms with Gasteiger partial charge in [0, 0.05) is 0 Å². The molecular formula is C27H27N3O2S2. The molecule has 1 amide bonds. The van der Waals surface area contributed by atoms with Crippen LogP contribution >= 0.6 is 23.1 Å². The quantitative estimate of drug-likeness (QED) is 0.176. The molecule has 5 nitrogen and oxygen atoms in total. The molecule has 0 radical (unpaired) electrons. The van der Waals surface area contributed by atoms with Crippen molar-refractivity contribution in [2.45, 2.75) is 37.1 Å². The number of carbonyl (C=O) groups excluding carboxylic acids is 1. The molecule has 174 valence electrons. The summed E-state index contributed by atoms with van der Waals surface area (Å²) in [6.45, 7) is 7.13. The minimum atomic E-state index is -0.169. The van der Waals surface area contributed by atoms with Crippen molar-refractivity contribution in [2.75, 3.05) is 5.75 Å². The SMILES string of the molecule is CC(C)(C)c1ccc(COc2ccc(/C=N/NC(=O)CSc3nc4ccccc4s3)cc2)cc1. The fourth-order valence-electron chi connectivity index (χ4n) is 3.17. The third-order valence-electron chi connectivity index (χ3n) is 5.11. The zero-order chi connectivity index (χ0) is 24.0. The molecule has 4 rings (SSSR count). The van der Waals surface area contributed by atoms with Crippen molar-refractivity contribution in [1.29, 1.82) is 0 Å². The van der Waals surface area contributed by atoms with E-state index in [1.807, 2.05) is 48.5 Å². The van der Waals surface area contributed by atoms with E-state index in [-0.39, 0.29) is 17.1 Å². The molecule has 3 aromatic carbocycles. The van der Waals surface area contributed by atoms with Gasteiger partial charge in [0.15, 0.2) is 4.34 Å². The molecule has 1 aromatic heterocycles. The van der Waals surface area contributed by atoms with Crippen LogP contribution < -0.4 is 10.2 Å². The second kappa shape index (κ2) is 10.8. The van der Waals surface area contributed by atoms with Gasteiger partial charge >= 0.3 is 0 Å². The van der Waals surface area contributed by atoms with Crippen LogP contribution in [-0.4, -0.2) is 22.9 Å². The summed E-state index contributed by atoms with van der Waals surface area (Å²) < 4.78 is 7.88. The Morgan fingerprint density at radius 3 is 2.50 bits per heavy atom. The number of ether oxygens (including phenoxy) is 1. The van der Waals surface area contributed by atoms with E-state index in [9.17, 15) is 4.79 Å². The number of amides is 1. The normalized spacial score (nSPS) is 11.7. The highest BCUT2D eigenvalue weighted by Crippen LogP contribution is 2.29. The van der Waals surface area contributed by atoms with Crippen LogP contribution in [0.1, 0.15) is 37.5 Å². The van der Waals surface area contributed by atoms with E-state index in [4.69, 9.17) is 4.74 Å². The smallest absolute Gasteiger partial charge is 0.250 e. The van der Waals surface area contributed by atoms with Gasteiger partial charge in [0.2, 0.25) is 0 Å². The molecule has 0 atom stereocenters. The molecule has 0 saturated carbocycles. The number of hydrogen-bond donors (Lipinski definition) is 1. The summed E-state index contributed by atoms with van der Waals surface area (Å²) in [4.78, 5) is 16.6. The highest BCUT2D eigenvalue weighted by atomic mass is 32.2. The molecule has 1 heterocycles. The molecule has 4 aromatic rings. The maximum Gasteiger partial charge on any atom is 0.250 e. The molecule has 0 unspecified atom stereocenters. The van der Waals surface area contributed by atoms with Crippen molar-refractivity contribution in [3.8, 4) is 5.75 Å². The van der Waals surface area contributed by atoms with Crippen LogP contribution in [0.15, 0.2) is 82.2 Å². The molecule has 0 saturated heterocycles. The van der Waals surface area contributed by atoms with Crippen molar-refractivity contribution in [3.05, 3.63) is 89.5 Å². The Kier molecular flexibility index (Phi) is 7.65. The van der Waals surface area contributed by atoms with Crippen molar-refractivity contribution < 1.29 is 9.53 Å². The zero-order valence-corrected chi connectivity index (χ0v) is 21.1. The Bertz CT molecular complexity index is 1240. The van der Waals surface area contributed by atoms with Crippen LogP contribution in [-0.2, 0) is 16.8 Å². The van der Waals surface area contributed by atoms with E-state index < -0.39 is 0 Å². The van der Waals surface area contributed by atoms with Crippen LogP contribution in [0.25, 0.3) is 10.2 Å². The monoisotopic (exact) mass is 489 g/mol. The summed E-state index contributed by atoms with van der Waals surface area (Å²) in [5, 5.41) is 4.05. The highest BCUT2D eigenvalue weighted by molar-refractivity contribution is 8.01. The van der Waals surface area contributed by atoms with Crippen molar-refractivity contribution in [3.63, 3.8) is 0 Å². The number of nitrogens with zero attached hydrogens (tertiary/aromatic N) is 2. The molecule has 0 spiro atoms. The summed E-state index contributed by atoms with van der Waals surface area (Å²) in [7, 11) is 0. The number of benzene rings is 3. The van der Waals surface area contributed by atoms with Crippen LogP contribution in [0.4, 0.5) is 0 Å². The van der Waals surface area contributed by atoms with Crippen molar-refractivity contribution in [1.82, 2.24) is 10.4 Å². The van der Waals surface area contributed by atoms with Gasteiger partial charge in [-0.25, -0.2) is 10.4 Å². The first-order chi connectivity index (χ1) is 16.4. The average molecular weight is 490 g/mol. The number of thiazole rings is 1. The Hall–Kier alpha value is -3.16. The predicted molar refractivity (Wildman–Crippen MR) is 142 cm³/mol. The lowest BCUT2D eigenvalue weighted by Crippen LogP contribution is -2.19. The molecule has 34 heavy (non-hydrogen) atoms. The molecule has 0 aliphatic carbocycles. The standard InChI is InChI=1S/C27H27N3O2S2/c1-27(2,3)21-12-8-20(9-13-21)17-32-22-14-10-19(11-15-22)16-28-30-25(31)18-33-26-29-23-6-4-5-7-24(23)34-26/h4-16H,17-18H2,1-3H3,(H,30,31)/b28-16+. The second-order valence-electron chi connectivity index (χ2n) is 8.83. The number of carbonyl (C=O) groups is 1. The van der Waals surface area contributed by atoms with Gasteiger partial charge in [-0.3, -0.25) is 4.79 Å². The predicted octanol–water partition coefficient (Wildman–Crippen LogP) is 6.42. The van der Waals surface area contributed by atoms with E-state index in [1.165, 1.54) is 17.3 Å². The van der Waals surface area contributed by atoms with Crippen LogP contribution in [0.2, 0.25) is 0 Å². The van der Waals surface area contributed by atoms with Gasteiger partial charge in [0.1, 0.15) is 12.4 Å². The maximum atomic E-state index is 12.1. The highest BCUT2D eigenvalue weighted by Gasteiger charge is 2.12. The molecule has 0 bridgehead atoms. The number of hydrazone groups is 1. The van der Waals surface area contributed by atoms with Gasteiger partial charge in [-0.1, -0.05) is 68.9 Å². The summed E-state index contributed by atoms with van der Waals surface area (Å²) in [6, 6.07) is 24.1. The van der Waals surface area contributed by atoms with Gasteiger partial charge in [-0.05, 0) is 58.5 Å². The Balaban J connectivity index is 1.21. The van der Waals surface area contributed by atoms with Crippen LogP contribution in [0.5, 0.6) is 5.75 Å². The van der Waals surface area contributed by atoms with Crippen molar-refractivity contribution >= 4 is 45.4 Å². The summed E-state index contributed by atoms with van der Waals surface area (Å²) in [5.74, 6) is 0.881. The summed E-state index contributed by atoms with van der Waals surface area (Å²) in [6.07, 6.45) is 1.62. The van der Waals surface area contributed by atoms with Crippen molar-refractivity contribution in [2.24, 2.45) is 5.10 Å². The number of hydrogen-bond acceptors (Lipinski definition) is 6. The van der Waals surface area contributed by atoms with E-state index in [0.29, 0.717) is 6.61 Å². The topological polar surface area (TPSA) is 63.6 Å². The number of thioether (sulfide) groups is 1. The largest absolute Gasteiger partial charge is 0.489 e. The number of nitrogens with one attached hydrogen (secondary N) is 1. The van der Waals surface area contributed by atoms with Gasteiger partial charge in [0.25, 0.3) is 5.91 Å². The fraction of sp³-hybridized carbons (Fsp3) is 0.222. The maximum absolute atomic E-state index is 12.1. The lowest BCUT2D eigenvalue weighted by molar-refractivity contribution is -0.118. The van der Waals surface area contributed by atoms with E-state index in [1.54, 1.807) is 17.6 Å². The fourth-order valence-corrected chi connectivity index (χ4v) is 5.03. The minimum Gasteiger partial charge on any atom is -0.489 e. The minimum absolute atomic E-state index is 0.144. The molecule has 0 aliphatic rings. The van der Waals surface area contributed by atoms with Crippen LogP contribution in [0.3, 0.4) is 0 Å². The first-order valence-electron chi connectivity index (χ1n) is 11.0. The molecule has 0 aliphatic heterocycles. The number of fused-ring (bicyclic) bond motifs is 1. The Labute approximate surface area is 208 Å². The molecule has 0 fully saturated rings. The van der Waals surface area contributed by atoms with Crippen LogP contribution in [0, 0.1) is 0 Å². The van der Waals surface area contributed by atoms with Gasteiger partial charge in [-0.2, -0.15) is 5.10 Å². The molecule has 1 N–H and O–H groups in total. The first kappa shape index (κ1) is 24.0.